The molecule has 1 aliphatic heterocycles. The normalized spacial score (nSPS) is 18.3. The number of rotatable bonds is 26. The summed E-state index contributed by atoms with van der Waals surface area (Å²) in [5.41, 5.74) is 7.89. The number of nitrogens with one attached hydrogen (secondary N) is 2. The highest BCUT2D eigenvalue weighted by atomic mass is 16.5. The smallest absolute Gasteiger partial charge is 0.307 e. The number of hydrogen-bond donors (Lipinski definition) is 4. The van der Waals surface area contributed by atoms with E-state index in [2.05, 4.69) is 10.6 Å². The predicted molar refractivity (Wildman–Crippen MR) is 253 cm³/mol. The largest absolute Gasteiger partial charge is 0.481 e. The number of nitrogens with zero attached hydrogens (tertiary/aromatic N) is 3. The highest BCUT2D eigenvalue weighted by Crippen LogP contribution is 2.30. The van der Waals surface area contributed by atoms with Crippen molar-refractivity contribution in [3.8, 4) is 0 Å². The van der Waals surface area contributed by atoms with Crippen LogP contribution in [-0.2, 0) is 51.1 Å². The molecule has 15 heteroatoms. The molecule has 2 aromatic rings. The number of likely N-dealkylation sites (N-methyl/N-ethyl adjacent to an activating group) is 2. The zero-order valence-electron chi connectivity index (χ0n) is 40.9. The van der Waals surface area contributed by atoms with Gasteiger partial charge in [0, 0.05) is 39.9 Å². The lowest BCUT2D eigenvalue weighted by Crippen LogP contribution is -2.59. The number of Topliss-reactive ketones (excluding diaryl/α,β-unsaturated/α-hetero) is 1. The number of carboxylic acid groups (broad SMARTS) is 1. The Bertz CT molecular complexity index is 1850. The standard InChI is InChI=1S/C50H78N6O9/c1-13-32(6)45(55(10)49(61)43(30(2)3)53-48(60)44(31(4)5)54(8)9)41(64-11)29-42(58)56-25-17-20-39(56)46(65-12)33(7)47(59)52-38(27-34-18-15-14-16-19-34)40(57)28-36(50(62)63)26-35-21-23-37(51)24-22-35/h14-16,18-19,21-24,30-33,36,38-39,41,43-46H,13,17,20,25-29,51H2,1-12H3,(H,52,59)(H,53,60)(H,62,63)/t32-,33+,36?,38-,39-,41+,43?,44-,45?,46+/m0/s1. The Morgan fingerprint density at radius 3 is 1.95 bits per heavy atom. The molecule has 0 radical (unpaired) electrons. The van der Waals surface area contributed by atoms with Crippen LogP contribution in [-0.4, -0.2) is 140 Å². The molecule has 0 aromatic heterocycles. The van der Waals surface area contributed by atoms with Crippen LogP contribution in [0.3, 0.4) is 0 Å². The summed E-state index contributed by atoms with van der Waals surface area (Å²) in [6.07, 6.45) is 0.442. The molecular formula is C50H78N6O9. The maximum absolute atomic E-state index is 14.4. The molecule has 1 saturated heterocycles. The van der Waals surface area contributed by atoms with E-state index in [1.54, 1.807) is 48.0 Å². The topological polar surface area (TPSA) is 201 Å². The number of nitrogen functional groups attached to an aromatic ring is 1. The van der Waals surface area contributed by atoms with Crippen molar-refractivity contribution in [3.05, 3.63) is 65.7 Å². The number of nitrogens with two attached hydrogens (primary N) is 1. The van der Waals surface area contributed by atoms with Gasteiger partial charge in [-0.3, -0.25) is 33.7 Å². The van der Waals surface area contributed by atoms with E-state index in [9.17, 15) is 33.9 Å². The number of amides is 4. The summed E-state index contributed by atoms with van der Waals surface area (Å²) in [7, 11) is 8.43. The van der Waals surface area contributed by atoms with Gasteiger partial charge in [0.25, 0.3) is 0 Å². The molecule has 4 amide bonds. The molecule has 362 valence electrons. The van der Waals surface area contributed by atoms with Crippen LogP contribution in [0.4, 0.5) is 5.69 Å². The average molecular weight is 907 g/mol. The second-order valence-electron chi connectivity index (χ2n) is 18.9. The Labute approximate surface area is 387 Å². The molecule has 65 heavy (non-hydrogen) atoms. The Morgan fingerprint density at radius 2 is 1.43 bits per heavy atom. The first kappa shape index (κ1) is 54.5. The van der Waals surface area contributed by atoms with Crippen LogP contribution >= 0.6 is 0 Å². The molecule has 1 aliphatic rings. The highest BCUT2D eigenvalue weighted by molar-refractivity contribution is 5.92. The van der Waals surface area contributed by atoms with Gasteiger partial charge in [0.15, 0.2) is 5.78 Å². The molecule has 2 aromatic carbocycles. The van der Waals surface area contributed by atoms with Gasteiger partial charge in [-0.15, -0.1) is 0 Å². The molecule has 15 nitrogen and oxygen atoms in total. The summed E-state index contributed by atoms with van der Waals surface area (Å²) in [5, 5.41) is 16.1. The lowest BCUT2D eigenvalue weighted by molar-refractivity contribution is -0.148. The van der Waals surface area contributed by atoms with Gasteiger partial charge in [-0.2, -0.15) is 0 Å². The molecular weight excluding hydrogens is 829 g/mol. The maximum Gasteiger partial charge on any atom is 0.307 e. The average Bonchev–Trinajstić information content (AvgIpc) is 3.75. The van der Waals surface area contributed by atoms with E-state index in [0.717, 1.165) is 11.1 Å². The van der Waals surface area contributed by atoms with Crippen LogP contribution < -0.4 is 16.4 Å². The van der Waals surface area contributed by atoms with Crippen LogP contribution in [0.5, 0.6) is 0 Å². The quantitative estimate of drug-likeness (QED) is 0.0942. The fourth-order valence-corrected chi connectivity index (χ4v) is 9.38. The van der Waals surface area contributed by atoms with Crippen LogP contribution in [0, 0.1) is 29.6 Å². The third-order valence-electron chi connectivity index (χ3n) is 13.2. The van der Waals surface area contributed by atoms with Gasteiger partial charge in [-0.1, -0.05) is 97.4 Å². The Hall–Kier alpha value is -4.86. The molecule has 0 spiro atoms. The number of likely N-dealkylation sites (tertiary alicyclic amines) is 1. The minimum Gasteiger partial charge on any atom is -0.481 e. The summed E-state index contributed by atoms with van der Waals surface area (Å²) in [5.74, 6) is -4.80. The van der Waals surface area contributed by atoms with Gasteiger partial charge < -0.3 is 40.7 Å². The van der Waals surface area contributed by atoms with Crippen molar-refractivity contribution in [2.45, 2.75) is 136 Å². The van der Waals surface area contributed by atoms with Gasteiger partial charge in [-0.25, -0.2) is 0 Å². The molecule has 0 bridgehead atoms. The molecule has 0 saturated carbocycles. The number of carbonyl (C=O) groups excluding carboxylic acids is 5. The lowest BCUT2D eigenvalue weighted by Gasteiger charge is -2.41. The van der Waals surface area contributed by atoms with E-state index >= 15 is 0 Å². The monoisotopic (exact) mass is 907 g/mol. The van der Waals surface area contributed by atoms with Gasteiger partial charge in [0.2, 0.25) is 23.6 Å². The minimum atomic E-state index is -1.12. The van der Waals surface area contributed by atoms with E-state index in [-0.39, 0.29) is 61.2 Å². The number of benzene rings is 2. The van der Waals surface area contributed by atoms with Crippen molar-refractivity contribution in [3.63, 3.8) is 0 Å². The van der Waals surface area contributed by atoms with Crippen molar-refractivity contribution in [2.24, 2.45) is 29.6 Å². The van der Waals surface area contributed by atoms with Gasteiger partial charge in [0.1, 0.15) is 6.04 Å². The van der Waals surface area contributed by atoms with Gasteiger partial charge in [-0.05, 0) is 80.8 Å². The molecule has 0 aliphatic carbocycles. The summed E-state index contributed by atoms with van der Waals surface area (Å²) in [4.78, 5) is 88.1. The maximum atomic E-state index is 14.4. The number of anilines is 1. The SMILES string of the molecule is CC[C@H](C)C([C@@H](CC(=O)N1CCC[C@H]1[C@H](OC)[C@@H](C)C(=O)N[C@@H](Cc1ccccc1)C(=O)CC(Cc1ccc(N)cc1)C(=O)O)OC)N(C)C(=O)C(NC(=O)[C@H](C(C)C)N(C)C)C(C)C. The third kappa shape index (κ3) is 15.1. The summed E-state index contributed by atoms with van der Waals surface area (Å²) < 4.78 is 12.1. The molecule has 3 unspecified atom stereocenters. The van der Waals surface area contributed by atoms with Crippen molar-refractivity contribution < 1.29 is 43.3 Å². The summed E-state index contributed by atoms with van der Waals surface area (Å²) in [6, 6.07) is 12.8. The van der Waals surface area contributed by atoms with Crippen molar-refractivity contribution in [2.75, 3.05) is 47.6 Å². The fourth-order valence-electron chi connectivity index (χ4n) is 9.38. The predicted octanol–water partition coefficient (Wildman–Crippen LogP) is 4.85. The Kier molecular flexibility index (Phi) is 21.6. The Balaban J connectivity index is 1.83. The number of aliphatic carboxylic acids is 1. The Morgan fingerprint density at radius 1 is 0.815 bits per heavy atom. The first-order chi connectivity index (χ1) is 30.7. The molecule has 10 atom stereocenters. The second-order valence-corrected chi connectivity index (χ2v) is 18.9. The van der Waals surface area contributed by atoms with Gasteiger partial charge >= 0.3 is 5.97 Å². The van der Waals surface area contributed by atoms with Crippen LogP contribution in [0.2, 0.25) is 0 Å². The number of ether oxygens (including phenoxy) is 2. The fraction of sp³-hybridized carbons (Fsp3) is 0.640. The molecule has 5 N–H and O–H groups in total. The lowest BCUT2D eigenvalue weighted by atomic mass is 9.89. The first-order valence-corrected chi connectivity index (χ1v) is 23.2. The van der Waals surface area contributed by atoms with Crippen molar-refractivity contribution >= 4 is 41.1 Å². The molecule has 1 heterocycles. The number of carboxylic acids is 1. The van der Waals surface area contributed by atoms with E-state index in [0.29, 0.717) is 31.5 Å². The van der Waals surface area contributed by atoms with Crippen LogP contribution in [0.25, 0.3) is 0 Å². The summed E-state index contributed by atoms with van der Waals surface area (Å²) >= 11 is 0. The molecule has 3 rings (SSSR count). The zero-order chi connectivity index (χ0) is 48.7. The van der Waals surface area contributed by atoms with E-state index < -0.39 is 71.9 Å². The van der Waals surface area contributed by atoms with E-state index in [1.807, 2.05) is 90.9 Å². The van der Waals surface area contributed by atoms with Crippen molar-refractivity contribution in [1.82, 2.24) is 25.3 Å². The first-order valence-electron chi connectivity index (χ1n) is 23.2. The third-order valence-corrected chi connectivity index (χ3v) is 13.2. The number of ketones is 1. The van der Waals surface area contributed by atoms with E-state index in [4.69, 9.17) is 15.2 Å². The van der Waals surface area contributed by atoms with Crippen LogP contribution in [0.1, 0.15) is 91.7 Å². The van der Waals surface area contributed by atoms with Gasteiger partial charge in [0.05, 0.1) is 54.6 Å². The highest BCUT2D eigenvalue weighted by Gasteiger charge is 2.43. The van der Waals surface area contributed by atoms with E-state index in [1.165, 1.54) is 14.2 Å². The number of hydrogen-bond acceptors (Lipinski definition) is 10. The molecule has 1 fully saturated rings. The number of carbonyl (C=O) groups is 6. The van der Waals surface area contributed by atoms with Crippen molar-refractivity contribution in [1.29, 1.82) is 0 Å². The van der Waals surface area contributed by atoms with Crippen LogP contribution in [0.15, 0.2) is 54.6 Å². The minimum absolute atomic E-state index is 0.0168. The summed E-state index contributed by atoms with van der Waals surface area (Å²) in [6.45, 7) is 13.9. The zero-order valence-corrected chi connectivity index (χ0v) is 40.9. The number of methoxy groups -OCH3 is 2. The second kappa shape index (κ2) is 25.7.